The average molecular weight is 215 g/mol. The van der Waals surface area contributed by atoms with Crippen molar-refractivity contribution in [1.82, 2.24) is 5.32 Å². The fourth-order valence-corrected chi connectivity index (χ4v) is 1.65. The van der Waals surface area contributed by atoms with Gasteiger partial charge in [-0.3, -0.25) is 0 Å². The predicted molar refractivity (Wildman–Crippen MR) is 67.3 cm³/mol. The van der Waals surface area contributed by atoms with Crippen LogP contribution in [0, 0.1) is 0 Å². The minimum atomic E-state index is 0.376. The molecule has 0 amide bonds. The summed E-state index contributed by atoms with van der Waals surface area (Å²) in [6.07, 6.45) is 6.61. The molecular weight excluding hydrogens is 186 g/mol. The van der Waals surface area contributed by atoms with E-state index in [0.717, 1.165) is 19.2 Å². The lowest BCUT2D eigenvalue weighted by Gasteiger charge is -2.15. The standard InChI is InChI=1S/C13H29NO/c1-5-9-13(6-2)14-10-7-8-11-15-12(3)4/h12-14H,5-11H2,1-4H3. The molecule has 0 saturated heterocycles. The van der Waals surface area contributed by atoms with Crippen LogP contribution in [-0.4, -0.2) is 25.3 Å². The summed E-state index contributed by atoms with van der Waals surface area (Å²) in [6.45, 7) is 10.7. The quantitative estimate of drug-likeness (QED) is 0.564. The fourth-order valence-electron chi connectivity index (χ4n) is 1.65. The van der Waals surface area contributed by atoms with E-state index < -0.39 is 0 Å². The molecule has 0 spiro atoms. The van der Waals surface area contributed by atoms with Crippen LogP contribution in [0.1, 0.15) is 59.8 Å². The molecule has 0 aliphatic carbocycles. The van der Waals surface area contributed by atoms with Crippen molar-refractivity contribution in [3.8, 4) is 0 Å². The van der Waals surface area contributed by atoms with Crippen LogP contribution in [0.25, 0.3) is 0 Å². The van der Waals surface area contributed by atoms with Crippen molar-refractivity contribution < 1.29 is 4.74 Å². The van der Waals surface area contributed by atoms with Gasteiger partial charge in [-0.05, 0) is 46.1 Å². The van der Waals surface area contributed by atoms with E-state index >= 15 is 0 Å². The van der Waals surface area contributed by atoms with Crippen LogP contribution in [-0.2, 0) is 4.74 Å². The summed E-state index contributed by atoms with van der Waals surface area (Å²) >= 11 is 0. The van der Waals surface area contributed by atoms with Crippen LogP contribution in [0.5, 0.6) is 0 Å². The van der Waals surface area contributed by atoms with Gasteiger partial charge in [0.05, 0.1) is 6.10 Å². The monoisotopic (exact) mass is 215 g/mol. The topological polar surface area (TPSA) is 21.3 Å². The second kappa shape index (κ2) is 10.4. The van der Waals surface area contributed by atoms with Gasteiger partial charge in [0.1, 0.15) is 0 Å². The Morgan fingerprint density at radius 1 is 1.13 bits per heavy atom. The highest BCUT2D eigenvalue weighted by Gasteiger charge is 2.02. The first-order chi connectivity index (χ1) is 7.20. The summed E-state index contributed by atoms with van der Waals surface area (Å²) in [4.78, 5) is 0. The molecule has 0 aliphatic heterocycles. The Hall–Kier alpha value is -0.0800. The van der Waals surface area contributed by atoms with Gasteiger partial charge in [0.2, 0.25) is 0 Å². The molecule has 1 unspecified atom stereocenters. The van der Waals surface area contributed by atoms with E-state index in [4.69, 9.17) is 4.74 Å². The van der Waals surface area contributed by atoms with Crippen molar-refractivity contribution >= 4 is 0 Å². The maximum Gasteiger partial charge on any atom is 0.0518 e. The third-order valence-electron chi connectivity index (χ3n) is 2.59. The first-order valence-electron chi connectivity index (χ1n) is 6.55. The normalized spacial score (nSPS) is 13.4. The van der Waals surface area contributed by atoms with Gasteiger partial charge in [-0.15, -0.1) is 0 Å². The summed E-state index contributed by atoms with van der Waals surface area (Å²) in [5.74, 6) is 0. The number of ether oxygens (including phenoxy) is 1. The molecule has 0 aromatic rings. The van der Waals surface area contributed by atoms with Crippen molar-refractivity contribution in [1.29, 1.82) is 0 Å². The molecule has 1 atom stereocenters. The number of nitrogens with one attached hydrogen (secondary N) is 1. The molecule has 0 heterocycles. The first kappa shape index (κ1) is 14.9. The van der Waals surface area contributed by atoms with E-state index in [1.54, 1.807) is 0 Å². The Labute approximate surface area is 95.8 Å². The molecule has 15 heavy (non-hydrogen) atoms. The molecule has 0 aromatic carbocycles. The molecular formula is C13H29NO. The Morgan fingerprint density at radius 2 is 1.87 bits per heavy atom. The second-order valence-electron chi connectivity index (χ2n) is 4.47. The second-order valence-corrected chi connectivity index (χ2v) is 4.47. The first-order valence-corrected chi connectivity index (χ1v) is 6.55. The molecule has 0 aromatic heterocycles. The van der Waals surface area contributed by atoms with Crippen molar-refractivity contribution in [3.05, 3.63) is 0 Å². The lowest BCUT2D eigenvalue weighted by atomic mass is 10.1. The zero-order valence-corrected chi connectivity index (χ0v) is 11.0. The molecule has 0 saturated carbocycles. The smallest absolute Gasteiger partial charge is 0.0518 e. The lowest BCUT2D eigenvalue weighted by molar-refractivity contribution is 0.0759. The van der Waals surface area contributed by atoms with Crippen LogP contribution in [0.3, 0.4) is 0 Å². The minimum absolute atomic E-state index is 0.376. The molecule has 1 N–H and O–H groups in total. The molecule has 2 nitrogen and oxygen atoms in total. The molecule has 0 bridgehead atoms. The number of unbranched alkanes of at least 4 members (excludes halogenated alkanes) is 1. The van der Waals surface area contributed by atoms with Crippen LogP contribution >= 0.6 is 0 Å². The minimum Gasteiger partial charge on any atom is -0.379 e. The van der Waals surface area contributed by atoms with Crippen LogP contribution in [0.2, 0.25) is 0 Å². The van der Waals surface area contributed by atoms with Crippen molar-refractivity contribution in [2.75, 3.05) is 13.2 Å². The summed E-state index contributed by atoms with van der Waals surface area (Å²) < 4.78 is 5.49. The van der Waals surface area contributed by atoms with E-state index in [9.17, 15) is 0 Å². The van der Waals surface area contributed by atoms with Crippen LogP contribution < -0.4 is 5.32 Å². The van der Waals surface area contributed by atoms with Crippen molar-refractivity contribution in [2.24, 2.45) is 0 Å². The Kier molecular flexibility index (Phi) is 10.4. The summed E-state index contributed by atoms with van der Waals surface area (Å²) in [5, 5.41) is 3.60. The Morgan fingerprint density at radius 3 is 2.40 bits per heavy atom. The van der Waals surface area contributed by atoms with Gasteiger partial charge >= 0.3 is 0 Å². The van der Waals surface area contributed by atoms with Crippen molar-refractivity contribution in [3.63, 3.8) is 0 Å². The van der Waals surface area contributed by atoms with Gasteiger partial charge in [-0.25, -0.2) is 0 Å². The predicted octanol–water partition coefficient (Wildman–Crippen LogP) is 3.36. The largest absolute Gasteiger partial charge is 0.379 e. The van der Waals surface area contributed by atoms with Crippen LogP contribution in [0.4, 0.5) is 0 Å². The number of hydrogen-bond donors (Lipinski definition) is 1. The summed E-state index contributed by atoms with van der Waals surface area (Å²) in [5.41, 5.74) is 0. The summed E-state index contributed by atoms with van der Waals surface area (Å²) in [6, 6.07) is 0.723. The van der Waals surface area contributed by atoms with E-state index in [0.29, 0.717) is 6.10 Å². The van der Waals surface area contributed by atoms with Crippen LogP contribution in [0.15, 0.2) is 0 Å². The highest BCUT2D eigenvalue weighted by Crippen LogP contribution is 2.01. The van der Waals surface area contributed by atoms with E-state index in [2.05, 4.69) is 33.0 Å². The zero-order chi connectivity index (χ0) is 11.5. The van der Waals surface area contributed by atoms with Crippen molar-refractivity contribution in [2.45, 2.75) is 71.9 Å². The van der Waals surface area contributed by atoms with Gasteiger partial charge in [-0.1, -0.05) is 20.3 Å². The number of rotatable bonds is 10. The molecule has 0 rings (SSSR count). The van der Waals surface area contributed by atoms with E-state index in [1.165, 1.54) is 32.1 Å². The Bertz CT molecular complexity index is 126. The van der Waals surface area contributed by atoms with Gasteiger partial charge in [0.15, 0.2) is 0 Å². The molecule has 0 radical (unpaired) electrons. The van der Waals surface area contributed by atoms with Gasteiger partial charge in [-0.2, -0.15) is 0 Å². The molecule has 0 aliphatic rings. The molecule has 0 fully saturated rings. The fraction of sp³-hybridized carbons (Fsp3) is 1.00. The molecule has 2 heteroatoms. The highest BCUT2D eigenvalue weighted by molar-refractivity contribution is 4.63. The summed E-state index contributed by atoms with van der Waals surface area (Å²) in [7, 11) is 0. The maximum atomic E-state index is 5.49. The third-order valence-corrected chi connectivity index (χ3v) is 2.59. The SMILES string of the molecule is CCCC(CC)NCCCCOC(C)C. The van der Waals surface area contributed by atoms with Gasteiger partial charge in [0, 0.05) is 12.6 Å². The zero-order valence-electron chi connectivity index (χ0n) is 11.0. The molecule has 92 valence electrons. The van der Waals surface area contributed by atoms with Gasteiger partial charge < -0.3 is 10.1 Å². The maximum absolute atomic E-state index is 5.49. The third kappa shape index (κ3) is 10.2. The average Bonchev–Trinajstić information content (AvgIpc) is 2.21. The van der Waals surface area contributed by atoms with E-state index in [-0.39, 0.29) is 0 Å². The highest BCUT2D eigenvalue weighted by atomic mass is 16.5. The van der Waals surface area contributed by atoms with E-state index in [1.807, 2.05) is 0 Å². The van der Waals surface area contributed by atoms with Gasteiger partial charge in [0.25, 0.3) is 0 Å². The Balaban J connectivity index is 3.21. The number of hydrogen-bond acceptors (Lipinski definition) is 2. The lowest BCUT2D eigenvalue weighted by Crippen LogP contribution is -2.29.